The average molecular weight is 301 g/mol. The summed E-state index contributed by atoms with van der Waals surface area (Å²) >= 11 is 6.80. The fourth-order valence-corrected chi connectivity index (χ4v) is 3.65. The highest BCUT2D eigenvalue weighted by molar-refractivity contribution is 6.21. The van der Waals surface area contributed by atoms with Crippen molar-refractivity contribution >= 4 is 11.6 Å². The van der Waals surface area contributed by atoms with Crippen LogP contribution in [0.5, 0.6) is 0 Å². The van der Waals surface area contributed by atoms with Gasteiger partial charge < -0.3 is 0 Å². The molecule has 2 aromatic rings. The second-order valence-electron chi connectivity index (χ2n) is 6.20. The minimum Gasteiger partial charge on any atom is -0.117 e. The molecule has 21 heavy (non-hydrogen) atoms. The third-order valence-corrected chi connectivity index (χ3v) is 5.24. The number of halogens is 1. The third kappa shape index (κ3) is 3.16. The van der Waals surface area contributed by atoms with Gasteiger partial charge in [0.25, 0.3) is 0 Å². The van der Waals surface area contributed by atoms with Gasteiger partial charge in [0.1, 0.15) is 0 Å². The smallest absolute Gasteiger partial charge is 0.0630 e. The highest BCUT2D eigenvalue weighted by atomic mass is 35.5. The van der Waals surface area contributed by atoms with Crippen molar-refractivity contribution in [3.63, 3.8) is 0 Å². The Hall–Kier alpha value is -1.27. The molecule has 0 saturated heterocycles. The summed E-state index contributed by atoms with van der Waals surface area (Å²) in [6, 6.07) is 8.64. The Morgan fingerprint density at radius 3 is 1.86 bits per heavy atom. The quantitative estimate of drug-likeness (QED) is 0.604. The zero-order chi connectivity index (χ0) is 15.7. The number of rotatable bonds is 3. The van der Waals surface area contributed by atoms with Crippen molar-refractivity contribution in [1.29, 1.82) is 0 Å². The van der Waals surface area contributed by atoms with Crippen molar-refractivity contribution in [2.45, 2.75) is 53.3 Å². The first-order valence-electron chi connectivity index (χ1n) is 7.59. The van der Waals surface area contributed by atoms with E-state index in [2.05, 4.69) is 65.8 Å². The van der Waals surface area contributed by atoms with Gasteiger partial charge in [-0.1, -0.05) is 29.8 Å². The largest absolute Gasteiger partial charge is 0.117 e. The zero-order valence-corrected chi connectivity index (χ0v) is 14.7. The predicted molar refractivity (Wildman–Crippen MR) is 93.6 cm³/mol. The predicted octanol–water partition coefficient (Wildman–Crippen LogP) is 6.06. The molecule has 0 aliphatic carbocycles. The molecule has 0 aromatic heterocycles. The topological polar surface area (TPSA) is 0 Å². The summed E-state index contributed by atoms with van der Waals surface area (Å²) in [6.45, 7) is 13.2. The maximum Gasteiger partial charge on any atom is 0.0630 e. The number of hydrogen-bond acceptors (Lipinski definition) is 0. The summed E-state index contributed by atoms with van der Waals surface area (Å²) in [7, 11) is 0. The number of alkyl halides is 1. The first-order valence-corrected chi connectivity index (χ1v) is 8.03. The Morgan fingerprint density at radius 1 is 0.810 bits per heavy atom. The minimum absolute atomic E-state index is 0.0322. The van der Waals surface area contributed by atoms with E-state index in [0.29, 0.717) is 0 Å². The molecule has 0 radical (unpaired) electrons. The lowest BCUT2D eigenvalue weighted by Crippen LogP contribution is -2.07. The van der Waals surface area contributed by atoms with E-state index >= 15 is 0 Å². The molecule has 0 bridgehead atoms. The van der Waals surface area contributed by atoms with Crippen LogP contribution in [0.25, 0.3) is 0 Å². The summed E-state index contributed by atoms with van der Waals surface area (Å²) in [6.07, 6.45) is 0.882. The van der Waals surface area contributed by atoms with Crippen LogP contribution in [0.1, 0.15) is 49.9 Å². The summed E-state index contributed by atoms with van der Waals surface area (Å²) in [5.41, 5.74) is 10.8. The maximum atomic E-state index is 6.80. The van der Waals surface area contributed by atoms with Crippen LogP contribution in [-0.4, -0.2) is 0 Å². The lowest BCUT2D eigenvalue weighted by Gasteiger charge is -2.22. The Bertz CT molecular complexity index is 639. The van der Waals surface area contributed by atoms with E-state index in [4.69, 9.17) is 11.6 Å². The van der Waals surface area contributed by atoms with Gasteiger partial charge in [-0.15, -0.1) is 11.6 Å². The van der Waals surface area contributed by atoms with Gasteiger partial charge in [0.15, 0.2) is 0 Å². The van der Waals surface area contributed by atoms with Crippen LogP contribution >= 0.6 is 11.6 Å². The highest BCUT2D eigenvalue weighted by Gasteiger charge is 2.19. The third-order valence-electron chi connectivity index (χ3n) is 4.87. The first-order chi connectivity index (χ1) is 9.82. The number of benzene rings is 2. The molecule has 0 aliphatic rings. The second kappa shape index (κ2) is 6.23. The van der Waals surface area contributed by atoms with Crippen molar-refractivity contribution in [3.8, 4) is 0 Å². The van der Waals surface area contributed by atoms with Crippen molar-refractivity contribution < 1.29 is 0 Å². The van der Waals surface area contributed by atoms with E-state index in [1.165, 1.54) is 44.5 Å². The van der Waals surface area contributed by atoms with Gasteiger partial charge in [0, 0.05) is 0 Å². The minimum atomic E-state index is 0.0322. The van der Waals surface area contributed by atoms with Crippen molar-refractivity contribution in [3.05, 3.63) is 68.8 Å². The zero-order valence-electron chi connectivity index (χ0n) is 14.0. The standard InChI is InChI=1S/C20H25Cl/c1-12-8-7-9-18(10-12)11-19(21)20-16(5)14(3)13(2)15(4)17(20)6/h7-10,19H,11H2,1-6H3. The van der Waals surface area contributed by atoms with Crippen LogP contribution in [-0.2, 0) is 6.42 Å². The molecule has 0 amide bonds. The van der Waals surface area contributed by atoms with Crippen LogP contribution in [0.2, 0.25) is 0 Å². The van der Waals surface area contributed by atoms with Gasteiger partial charge in [0.05, 0.1) is 5.38 Å². The molecule has 1 heteroatoms. The van der Waals surface area contributed by atoms with E-state index in [9.17, 15) is 0 Å². The van der Waals surface area contributed by atoms with Crippen LogP contribution < -0.4 is 0 Å². The van der Waals surface area contributed by atoms with E-state index in [-0.39, 0.29) is 5.38 Å². The molecule has 1 unspecified atom stereocenters. The lowest BCUT2D eigenvalue weighted by molar-refractivity contribution is 0.888. The Kier molecular flexibility index (Phi) is 4.78. The van der Waals surface area contributed by atoms with Crippen LogP contribution in [0.4, 0.5) is 0 Å². The molecule has 0 fully saturated rings. The molecule has 0 heterocycles. The Balaban J connectivity index is 2.42. The van der Waals surface area contributed by atoms with Gasteiger partial charge in [-0.05, 0) is 86.9 Å². The first kappa shape index (κ1) is 16.1. The van der Waals surface area contributed by atoms with Crippen LogP contribution in [0.3, 0.4) is 0 Å². The molecule has 1 atom stereocenters. The molecule has 112 valence electrons. The number of hydrogen-bond donors (Lipinski definition) is 0. The summed E-state index contributed by atoms with van der Waals surface area (Å²) in [5.74, 6) is 0. The van der Waals surface area contributed by atoms with Crippen molar-refractivity contribution in [1.82, 2.24) is 0 Å². The summed E-state index contributed by atoms with van der Waals surface area (Å²) in [4.78, 5) is 0. The van der Waals surface area contributed by atoms with Gasteiger partial charge >= 0.3 is 0 Å². The monoisotopic (exact) mass is 300 g/mol. The molecular formula is C20H25Cl. The molecule has 2 rings (SSSR count). The highest BCUT2D eigenvalue weighted by Crippen LogP contribution is 2.35. The van der Waals surface area contributed by atoms with E-state index in [1.807, 2.05) is 0 Å². The fraction of sp³-hybridized carbons (Fsp3) is 0.400. The normalized spacial score (nSPS) is 12.5. The van der Waals surface area contributed by atoms with Gasteiger partial charge in [-0.25, -0.2) is 0 Å². The molecule has 0 N–H and O–H groups in total. The van der Waals surface area contributed by atoms with Crippen molar-refractivity contribution in [2.75, 3.05) is 0 Å². The molecule has 0 nitrogen and oxygen atoms in total. The van der Waals surface area contributed by atoms with Gasteiger partial charge in [-0.3, -0.25) is 0 Å². The van der Waals surface area contributed by atoms with E-state index < -0.39 is 0 Å². The lowest BCUT2D eigenvalue weighted by atomic mass is 9.86. The van der Waals surface area contributed by atoms with Gasteiger partial charge in [-0.2, -0.15) is 0 Å². The summed E-state index contributed by atoms with van der Waals surface area (Å²) in [5, 5.41) is 0.0322. The van der Waals surface area contributed by atoms with Crippen molar-refractivity contribution in [2.24, 2.45) is 0 Å². The molecule has 0 spiro atoms. The van der Waals surface area contributed by atoms with Crippen LogP contribution in [0.15, 0.2) is 24.3 Å². The SMILES string of the molecule is Cc1cccc(CC(Cl)c2c(C)c(C)c(C)c(C)c2C)c1. The Labute approximate surface area is 134 Å². The Morgan fingerprint density at radius 2 is 1.33 bits per heavy atom. The second-order valence-corrected chi connectivity index (χ2v) is 6.73. The van der Waals surface area contributed by atoms with Crippen LogP contribution in [0, 0.1) is 41.5 Å². The van der Waals surface area contributed by atoms with E-state index in [0.717, 1.165) is 6.42 Å². The molecule has 0 aliphatic heterocycles. The fourth-order valence-electron chi connectivity index (χ4n) is 3.15. The number of aryl methyl sites for hydroxylation is 1. The summed E-state index contributed by atoms with van der Waals surface area (Å²) < 4.78 is 0. The molecule has 2 aromatic carbocycles. The molecule has 0 saturated carbocycles. The maximum absolute atomic E-state index is 6.80. The average Bonchev–Trinajstić information content (AvgIpc) is 2.43. The molecular weight excluding hydrogens is 276 g/mol. The van der Waals surface area contributed by atoms with E-state index in [1.54, 1.807) is 0 Å². The van der Waals surface area contributed by atoms with Gasteiger partial charge in [0.2, 0.25) is 0 Å².